The lowest BCUT2D eigenvalue weighted by molar-refractivity contribution is -0.255. The van der Waals surface area contributed by atoms with E-state index in [1.54, 1.807) is 19.3 Å². The molecule has 0 spiro atoms. The number of ether oxygens (including phenoxy) is 3. The van der Waals surface area contributed by atoms with Crippen molar-refractivity contribution >= 4 is 17.7 Å². The molecule has 0 bridgehead atoms. The Kier molecular flexibility index (Phi) is 17.8. The quantitative estimate of drug-likeness (QED) is 0.0481. The van der Waals surface area contributed by atoms with Gasteiger partial charge >= 0.3 is 6.09 Å². The number of likely N-dealkylation sites (N-methyl/N-ethyl adjacent to an activating group) is 1. The molecule has 2 saturated carbocycles. The summed E-state index contributed by atoms with van der Waals surface area (Å²) < 4.78 is 20.0. The van der Waals surface area contributed by atoms with Crippen LogP contribution in [0.25, 0.3) is 0 Å². The van der Waals surface area contributed by atoms with Crippen molar-refractivity contribution in [3.05, 3.63) is 48.1 Å². The Hall–Kier alpha value is -3.41. The van der Waals surface area contributed by atoms with Crippen molar-refractivity contribution in [3.8, 4) is 11.5 Å². The molecule has 6 unspecified atom stereocenters. The van der Waals surface area contributed by atoms with E-state index in [2.05, 4.69) is 30.1 Å². The first-order chi connectivity index (χ1) is 27.8. The van der Waals surface area contributed by atoms with Crippen molar-refractivity contribution in [2.45, 2.75) is 147 Å². The summed E-state index contributed by atoms with van der Waals surface area (Å²) in [5.41, 5.74) is 2.66. The Morgan fingerprint density at radius 1 is 0.982 bits per heavy atom. The van der Waals surface area contributed by atoms with Crippen molar-refractivity contribution in [1.82, 2.24) is 10.2 Å². The van der Waals surface area contributed by atoms with Gasteiger partial charge in [0.1, 0.15) is 24.7 Å². The zero-order chi connectivity index (χ0) is 40.6. The normalized spacial score (nSPS) is 25.5. The number of unbranched alkanes of at least 4 members (excludes halogenated alkanes) is 11. The number of rotatable bonds is 26. The van der Waals surface area contributed by atoms with E-state index in [-0.39, 0.29) is 55.3 Å². The van der Waals surface area contributed by atoms with Crippen molar-refractivity contribution in [2.75, 3.05) is 40.5 Å². The third-order valence-electron chi connectivity index (χ3n) is 12.6. The first-order valence-electron chi connectivity index (χ1n) is 22.2. The molecular weight excluding hydrogens is 723 g/mol. The number of amides is 2. The number of fused-ring (bicyclic) bond motifs is 2. The summed E-state index contributed by atoms with van der Waals surface area (Å²) >= 11 is 0. The van der Waals surface area contributed by atoms with Crippen LogP contribution in [0.5, 0.6) is 11.5 Å². The Labute approximate surface area is 341 Å². The van der Waals surface area contributed by atoms with Crippen LogP contribution in [0.15, 0.2) is 47.7 Å². The molecule has 1 aliphatic heterocycles. The Balaban J connectivity index is 1.45. The predicted octanol–water partition coefficient (Wildman–Crippen LogP) is 8.83. The second-order valence-electron chi connectivity index (χ2n) is 16.7. The molecule has 0 saturated heterocycles. The first kappa shape index (κ1) is 44.7. The van der Waals surface area contributed by atoms with E-state index in [1.165, 1.54) is 51.4 Å². The molecule has 318 valence electrons. The van der Waals surface area contributed by atoms with Crippen LogP contribution in [0.2, 0.25) is 0 Å². The number of hydrogen-bond donors (Lipinski definition) is 3. The van der Waals surface area contributed by atoms with Crippen LogP contribution in [-0.2, 0) is 14.4 Å². The van der Waals surface area contributed by atoms with E-state index in [0.717, 1.165) is 68.2 Å². The minimum atomic E-state index is -1.27. The summed E-state index contributed by atoms with van der Waals surface area (Å²) in [6, 6.07) is 5.07. The second kappa shape index (κ2) is 22.7. The molecule has 0 aromatic heterocycles. The van der Waals surface area contributed by atoms with E-state index in [1.807, 2.05) is 24.1 Å². The molecule has 1 aromatic rings. The largest absolute Gasteiger partial charge is 0.459 e. The fourth-order valence-electron chi connectivity index (χ4n) is 9.62. The average molecular weight is 794 g/mol. The minimum Gasteiger partial charge on any atom is -0.459 e. The van der Waals surface area contributed by atoms with Gasteiger partial charge in [-0.15, -0.1) is 6.58 Å². The van der Waals surface area contributed by atoms with Gasteiger partial charge in [-0.3, -0.25) is 4.79 Å². The maximum absolute atomic E-state index is 13.8. The van der Waals surface area contributed by atoms with Gasteiger partial charge in [0.2, 0.25) is 11.7 Å². The van der Waals surface area contributed by atoms with E-state index < -0.39 is 17.9 Å². The highest BCUT2D eigenvalue weighted by Gasteiger charge is 2.65. The zero-order valence-electron chi connectivity index (χ0n) is 35.1. The predicted molar refractivity (Wildman–Crippen MR) is 223 cm³/mol. The first-order valence-corrected chi connectivity index (χ1v) is 22.2. The lowest BCUT2D eigenvalue weighted by atomic mass is 9.55. The Morgan fingerprint density at radius 2 is 1.67 bits per heavy atom. The smallest absolute Gasteiger partial charge is 0.412 e. The number of aliphatic hydroxyl groups is 2. The van der Waals surface area contributed by atoms with Gasteiger partial charge in [-0.05, 0) is 80.6 Å². The molecule has 1 aromatic carbocycles. The summed E-state index contributed by atoms with van der Waals surface area (Å²) in [6.07, 6.45) is 22.7. The Bertz CT molecular complexity index is 1510. The molecular formula is C46H71N3O8. The lowest BCUT2D eigenvalue weighted by Gasteiger charge is -2.59. The highest BCUT2D eigenvalue weighted by Crippen LogP contribution is 2.62. The summed E-state index contributed by atoms with van der Waals surface area (Å²) in [5, 5.41) is 27.1. The number of aliphatic hydroxyl groups excluding tert-OH is 2. The number of oxime groups is 1. The number of hydrogen-bond acceptors (Lipinski definition) is 9. The molecule has 3 N–H and O–H groups in total. The number of benzene rings is 1. The summed E-state index contributed by atoms with van der Waals surface area (Å²) in [6.45, 7) is 7.23. The van der Waals surface area contributed by atoms with Gasteiger partial charge in [0.05, 0.1) is 18.2 Å². The molecule has 2 amide bonds. The van der Waals surface area contributed by atoms with Gasteiger partial charge in [0, 0.05) is 50.6 Å². The molecule has 2 fully saturated rings. The van der Waals surface area contributed by atoms with Crippen molar-refractivity contribution < 1.29 is 38.9 Å². The number of nitrogens with one attached hydrogen (secondary N) is 1. The second-order valence-corrected chi connectivity index (χ2v) is 16.7. The molecule has 6 atom stereocenters. The van der Waals surface area contributed by atoms with Gasteiger partial charge in [0.25, 0.3) is 0 Å². The maximum Gasteiger partial charge on any atom is 0.412 e. The third-order valence-corrected chi connectivity index (χ3v) is 12.6. The van der Waals surface area contributed by atoms with Gasteiger partial charge in [0.15, 0.2) is 0 Å². The zero-order valence-corrected chi connectivity index (χ0v) is 35.1. The van der Waals surface area contributed by atoms with E-state index in [0.29, 0.717) is 37.3 Å². The number of carbonyl (C=O) groups is 2. The molecule has 11 heteroatoms. The van der Waals surface area contributed by atoms with Gasteiger partial charge in [-0.1, -0.05) is 94.9 Å². The molecule has 1 heterocycles. The number of allylic oxidation sites excluding steroid dienone is 1. The van der Waals surface area contributed by atoms with Crippen molar-refractivity contribution in [2.24, 2.45) is 28.8 Å². The highest BCUT2D eigenvalue weighted by molar-refractivity contribution is 6.03. The van der Waals surface area contributed by atoms with Crippen molar-refractivity contribution in [3.63, 3.8) is 0 Å². The highest BCUT2D eigenvalue weighted by atomic mass is 16.7. The SMILES string of the molecule is C=CCOC12Oc3ccc(OC(=O)NCCCCCCCCCCCC)cc3C3C(CCCCO)C(CCCCO)C=C(C(=NOC)CC1N(C)C(=O)C1CC1)C32. The third kappa shape index (κ3) is 11.4. The Morgan fingerprint density at radius 3 is 2.32 bits per heavy atom. The van der Waals surface area contributed by atoms with E-state index >= 15 is 0 Å². The number of carbonyl (C=O) groups excluding carboxylic acids is 2. The van der Waals surface area contributed by atoms with Crippen molar-refractivity contribution in [1.29, 1.82) is 0 Å². The van der Waals surface area contributed by atoms with E-state index in [4.69, 9.17) is 19.0 Å². The van der Waals surface area contributed by atoms with Crippen LogP contribution < -0.4 is 14.8 Å². The lowest BCUT2D eigenvalue weighted by Crippen LogP contribution is -2.69. The van der Waals surface area contributed by atoms with Gasteiger partial charge < -0.3 is 39.5 Å². The van der Waals surface area contributed by atoms with Crippen LogP contribution in [-0.4, -0.2) is 85.2 Å². The number of nitrogens with zero attached hydrogens (tertiary/aromatic N) is 2. The summed E-state index contributed by atoms with van der Waals surface area (Å²) in [5.74, 6) is -0.514. The van der Waals surface area contributed by atoms with Crippen LogP contribution in [0.3, 0.4) is 0 Å². The monoisotopic (exact) mass is 794 g/mol. The fraction of sp³-hybridized carbons (Fsp3) is 0.717. The van der Waals surface area contributed by atoms with Gasteiger partial charge in [-0.2, -0.15) is 0 Å². The standard InChI is InChI=1S/C46H71N3O8/c1-5-7-8-9-10-11-12-13-14-17-26-47-45(53)56-35-24-25-40-38(31-35)42-36(21-16-19-28-51)34(20-15-18-27-50)30-37-39(48-54-4)32-41(49(3)44(52)33-22-23-33)46(57-40,43(37)42)55-29-6-2/h6,24-25,30-31,33-34,36,41-43,50-51H,2,5,7-23,26-29,32H2,1,3-4H3,(H,47,53). The topological polar surface area (TPSA) is 139 Å². The fourth-order valence-corrected chi connectivity index (χ4v) is 9.62. The van der Waals surface area contributed by atoms with Crippen LogP contribution in [0.1, 0.15) is 140 Å². The molecule has 4 aliphatic rings. The van der Waals surface area contributed by atoms with Crippen LogP contribution in [0.4, 0.5) is 4.79 Å². The molecule has 11 nitrogen and oxygen atoms in total. The molecule has 57 heavy (non-hydrogen) atoms. The van der Waals surface area contributed by atoms with Gasteiger partial charge in [-0.25, -0.2) is 4.79 Å². The maximum atomic E-state index is 13.8. The molecule has 5 rings (SSSR count). The van der Waals surface area contributed by atoms with Crippen LogP contribution >= 0.6 is 0 Å². The molecule has 3 aliphatic carbocycles. The summed E-state index contributed by atoms with van der Waals surface area (Å²) in [4.78, 5) is 34.3. The van der Waals surface area contributed by atoms with E-state index in [9.17, 15) is 19.8 Å². The van der Waals surface area contributed by atoms with Crippen LogP contribution in [0, 0.1) is 23.7 Å². The molecule has 0 radical (unpaired) electrons. The summed E-state index contributed by atoms with van der Waals surface area (Å²) in [7, 11) is 3.40. The minimum absolute atomic E-state index is 0.0117. The average Bonchev–Trinajstić information content (AvgIpc) is 4.06.